The summed E-state index contributed by atoms with van der Waals surface area (Å²) in [6, 6.07) is 17.8. The van der Waals surface area contributed by atoms with Crippen molar-refractivity contribution in [2.45, 2.75) is 6.42 Å². The van der Waals surface area contributed by atoms with Crippen molar-refractivity contribution in [1.82, 2.24) is 9.97 Å². The molecule has 2 aromatic carbocycles. The van der Waals surface area contributed by atoms with Crippen molar-refractivity contribution >= 4 is 17.5 Å². The molecule has 2 N–H and O–H groups in total. The Hall–Kier alpha value is -3.28. The molecule has 0 aliphatic rings. The molecule has 0 aliphatic heterocycles. The molecule has 3 rings (SSSR count). The normalized spacial score (nSPS) is 10.2. The molecule has 26 heavy (non-hydrogen) atoms. The van der Waals surface area contributed by atoms with E-state index in [0.29, 0.717) is 23.3 Å². The van der Waals surface area contributed by atoms with E-state index in [9.17, 15) is 0 Å². The molecule has 1 heterocycles. The first-order valence-corrected chi connectivity index (χ1v) is 8.38. The number of nitrogens with zero attached hydrogens (tertiary/aromatic N) is 2. The standard InChI is InChI=1S/C20H22N4O2/c1-25-17-9-8-16(14-18(17)26-2)23-19-11-13-22-20(24-19)21-12-10-15-6-4-3-5-7-15/h3-9,11,13-14H,10,12H2,1-2H3,(H2,21,22,23,24). The average Bonchev–Trinajstić information content (AvgIpc) is 2.69. The molecule has 0 bridgehead atoms. The van der Waals surface area contributed by atoms with E-state index in [4.69, 9.17) is 9.47 Å². The summed E-state index contributed by atoms with van der Waals surface area (Å²) < 4.78 is 10.6. The van der Waals surface area contributed by atoms with Crippen molar-refractivity contribution in [1.29, 1.82) is 0 Å². The highest BCUT2D eigenvalue weighted by Crippen LogP contribution is 2.30. The second-order valence-electron chi connectivity index (χ2n) is 5.62. The maximum absolute atomic E-state index is 5.32. The van der Waals surface area contributed by atoms with E-state index >= 15 is 0 Å². The Kier molecular flexibility index (Phi) is 5.88. The molecule has 6 heteroatoms. The first-order valence-electron chi connectivity index (χ1n) is 8.38. The van der Waals surface area contributed by atoms with Gasteiger partial charge in [-0.2, -0.15) is 4.98 Å². The number of hydrogen-bond donors (Lipinski definition) is 2. The maximum atomic E-state index is 5.32. The molecule has 0 saturated carbocycles. The summed E-state index contributed by atoms with van der Waals surface area (Å²) in [4.78, 5) is 8.76. The van der Waals surface area contributed by atoms with Crippen molar-refractivity contribution in [2.24, 2.45) is 0 Å². The second kappa shape index (κ2) is 8.71. The van der Waals surface area contributed by atoms with Crippen LogP contribution in [-0.4, -0.2) is 30.7 Å². The minimum atomic E-state index is 0.589. The summed E-state index contributed by atoms with van der Waals surface area (Å²) in [5.41, 5.74) is 2.14. The van der Waals surface area contributed by atoms with Crippen molar-refractivity contribution in [2.75, 3.05) is 31.4 Å². The van der Waals surface area contributed by atoms with Gasteiger partial charge in [0.2, 0.25) is 5.95 Å². The third-order valence-corrected chi connectivity index (χ3v) is 3.85. The molecule has 0 saturated heterocycles. The lowest BCUT2D eigenvalue weighted by Crippen LogP contribution is -2.08. The Morgan fingerprint density at radius 2 is 1.73 bits per heavy atom. The van der Waals surface area contributed by atoms with Crippen LogP contribution in [0.4, 0.5) is 17.5 Å². The summed E-state index contributed by atoms with van der Waals surface area (Å²) in [5, 5.41) is 6.50. The zero-order valence-electron chi connectivity index (χ0n) is 14.9. The minimum absolute atomic E-state index is 0.589. The number of benzene rings is 2. The van der Waals surface area contributed by atoms with Crippen LogP contribution in [-0.2, 0) is 6.42 Å². The highest BCUT2D eigenvalue weighted by molar-refractivity contribution is 5.61. The molecule has 6 nitrogen and oxygen atoms in total. The lowest BCUT2D eigenvalue weighted by Gasteiger charge is -2.11. The summed E-state index contributed by atoms with van der Waals surface area (Å²) in [6.45, 7) is 0.768. The van der Waals surface area contributed by atoms with Gasteiger partial charge >= 0.3 is 0 Å². The van der Waals surface area contributed by atoms with Crippen LogP contribution >= 0.6 is 0 Å². The van der Waals surface area contributed by atoms with E-state index in [1.165, 1.54) is 5.56 Å². The van der Waals surface area contributed by atoms with Crippen LogP contribution in [0, 0.1) is 0 Å². The summed E-state index contributed by atoms with van der Waals surface area (Å²) in [5.74, 6) is 2.64. The number of methoxy groups -OCH3 is 2. The molecule has 0 fully saturated rings. The van der Waals surface area contributed by atoms with Crippen LogP contribution in [0.1, 0.15) is 5.56 Å². The first-order chi connectivity index (χ1) is 12.8. The van der Waals surface area contributed by atoms with E-state index in [2.05, 4.69) is 32.7 Å². The lowest BCUT2D eigenvalue weighted by atomic mass is 10.1. The third kappa shape index (κ3) is 4.63. The van der Waals surface area contributed by atoms with Crippen LogP contribution in [0.2, 0.25) is 0 Å². The van der Waals surface area contributed by atoms with Gasteiger partial charge < -0.3 is 20.1 Å². The van der Waals surface area contributed by atoms with E-state index in [0.717, 1.165) is 18.7 Å². The topological polar surface area (TPSA) is 68.3 Å². The Balaban J connectivity index is 1.62. The third-order valence-electron chi connectivity index (χ3n) is 3.85. The van der Waals surface area contributed by atoms with Crippen LogP contribution in [0.5, 0.6) is 11.5 Å². The monoisotopic (exact) mass is 350 g/mol. The Labute approximate surface area is 153 Å². The molecule has 1 aromatic heterocycles. The predicted octanol–water partition coefficient (Wildman–Crippen LogP) is 3.89. The molecule has 0 atom stereocenters. The molecular weight excluding hydrogens is 328 g/mol. The van der Waals surface area contributed by atoms with Crippen LogP contribution in [0.3, 0.4) is 0 Å². The fraction of sp³-hybridized carbons (Fsp3) is 0.200. The zero-order valence-corrected chi connectivity index (χ0v) is 14.9. The molecule has 0 amide bonds. The van der Waals surface area contributed by atoms with E-state index < -0.39 is 0 Å². The van der Waals surface area contributed by atoms with E-state index in [-0.39, 0.29) is 0 Å². The highest BCUT2D eigenvalue weighted by Gasteiger charge is 2.06. The van der Waals surface area contributed by atoms with Gasteiger partial charge in [-0.15, -0.1) is 0 Å². The van der Waals surface area contributed by atoms with Gasteiger partial charge in [0.05, 0.1) is 14.2 Å². The Morgan fingerprint density at radius 3 is 2.50 bits per heavy atom. The van der Waals surface area contributed by atoms with Gasteiger partial charge in [-0.3, -0.25) is 0 Å². The molecule has 134 valence electrons. The number of ether oxygens (including phenoxy) is 2. The maximum Gasteiger partial charge on any atom is 0.224 e. The van der Waals surface area contributed by atoms with Crippen LogP contribution < -0.4 is 20.1 Å². The van der Waals surface area contributed by atoms with Gasteiger partial charge in [-0.1, -0.05) is 30.3 Å². The summed E-state index contributed by atoms with van der Waals surface area (Å²) in [6.07, 6.45) is 2.64. The van der Waals surface area contributed by atoms with Gasteiger partial charge in [0.15, 0.2) is 11.5 Å². The fourth-order valence-corrected chi connectivity index (χ4v) is 2.54. The first kappa shape index (κ1) is 17.5. The number of anilines is 3. The lowest BCUT2D eigenvalue weighted by molar-refractivity contribution is 0.355. The predicted molar refractivity (Wildman–Crippen MR) is 103 cm³/mol. The van der Waals surface area contributed by atoms with E-state index in [1.54, 1.807) is 20.4 Å². The van der Waals surface area contributed by atoms with Gasteiger partial charge in [0.25, 0.3) is 0 Å². The van der Waals surface area contributed by atoms with Crippen LogP contribution in [0.25, 0.3) is 0 Å². The van der Waals surface area contributed by atoms with Crippen molar-refractivity contribution in [3.63, 3.8) is 0 Å². The van der Waals surface area contributed by atoms with Gasteiger partial charge in [0, 0.05) is 24.5 Å². The largest absolute Gasteiger partial charge is 0.493 e. The zero-order chi connectivity index (χ0) is 18.2. The number of nitrogens with one attached hydrogen (secondary N) is 2. The quantitative estimate of drug-likeness (QED) is 0.642. The Morgan fingerprint density at radius 1 is 0.923 bits per heavy atom. The van der Waals surface area contributed by atoms with Gasteiger partial charge in [0.1, 0.15) is 5.82 Å². The SMILES string of the molecule is COc1ccc(Nc2ccnc(NCCc3ccccc3)n2)cc1OC. The molecule has 3 aromatic rings. The smallest absolute Gasteiger partial charge is 0.224 e. The van der Waals surface area contributed by atoms with Crippen molar-refractivity contribution in [3.05, 3.63) is 66.4 Å². The average molecular weight is 350 g/mol. The van der Waals surface area contributed by atoms with Gasteiger partial charge in [-0.05, 0) is 30.2 Å². The van der Waals surface area contributed by atoms with E-state index in [1.807, 2.05) is 42.5 Å². The highest BCUT2D eigenvalue weighted by atomic mass is 16.5. The van der Waals surface area contributed by atoms with Gasteiger partial charge in [-0.25, -0.2) is 4.98 Å². The fourth-order valence-electron chi connectivity index (χ4n) is 2.54. The summed E-state index contributed by atoms with van der Waals surface area (Å²) >= 11 is 0. The van der Waals surface area contributed by atoms with Crippen LogP contribution in [0.15, 0.2) is 60.8 Å². The molecule has 0 unspecified atom stereocenters. The number of aromatic nitrogens is 2. The molecular formula is C20H22N4O2. The second-order valence-corrected chi connectivity index (χ2v) is 5.62. The summed E-state index contributed by atoms with van der Waals surface area (Å²) in [7, 11) is 3.23. The Bertz CT molecular complexity index is 840. The molecule has 0 radical (unpaired) electrons. The minimum Gasteiger partial charge on any atom is -0.493 e. The molecule has 0 spiro atoms. The van der Waals surface area contributed by atoms with Crippen molar-refractivity contribution < 1.29 is 9.47 Å². The van der Waals surface area contributed by atoms with Crippen molar-refractivity contribution in [3.8, 4) is 11.5 Å². The molecule has 0 aliphatic carbocycles. The number of rotatable bonds is 8. The number of hydrogen-bond acceptors (Lipinski definition) is 6.